The van der Waals surface area contributed by atoms with Gasteiger partial charge in [-0.05, 0) is 0 Å². The van der Waals surface area contributed by atoms with Gasteiger partial charge in [-0.2, -0.15) is 0 Å². The number of hydrogen-bond acceptors (Lipinski definition) is 3. The zero-order valence-corrected chi connectivity index (χ0v) is 4.92. The van der Waals surface area contributed by atoms with Crippen LogP contribution in [-0.2, 0) is 0 Å². The third-order valence-electron chi connectivity index (χ3n) is 1.55. The molecule has 0 aromatic rings. The average molecular weight is 135 g/mol. The Morgan fingerprint density at radius 3 is 2.56 bits per heavy atom. The van der Waals surface area contributed by atoms with E-state index in [2.05, 4.69) is 5.32 Å². The quantitative estimate of drug-likeness (QED) is 0.416. The maximum absolute atomic E-state index is 12.3. The molecule has 0 saturated carbocycles. The minimum atomic E-state index is -1.22. The second kappa shape index (κ2) is 2.60. The number of aliphatic hydroxyl groups is 2. The van der Waals surface area contributed by atoms with Crippen LogP contribution in [0.2, 0.25) is 0 Å². The molecule has 1 fully saturated rings. The van der Waals surface area contributed by atoms with Crippen LogP contribution in [-0.4, -0.2) is 41.7 Å². The van der Waals surface area contributed by atoms with E-state index in [1.165, 1.54) is 0 Å². The summed E-state index contributed by atoms with van der Waals surface area (Å²) < 4.78 is 12.3. The molecule has 1 aliphatic rings. The van der Waals surface area contributed by atoms with Crippen LogP contribution in [0.3, 0.4) is 0 Å². The molecule has 3 N–H and O–H groups in total. The highest BCUT2D eigenvalue weighted by Crippen LogP contribution is 2.09. The van der Waals surface area contributed by atoms with Crippen LogP contribution in [0.1, 0.15) is 0 Å². The van der Waals surface area contributed by atoms with Crippen molar-refractivity contribution in [2.75, 3.05) is 13.2 Å². The Kier molecular flexibility index (Phi) is 2.00. The number of aliphatic hydroxyl groups excluding tert-OH is 2. The third kappa shape index (κ3) is 1.20. The van der Waals surface area contributed by atoms with Gasteiger partial charge in [-0.1, -0.05) is 0 Å². The second-order valence-corrected chi connectivity index (χ2v) is 2.20. The summed E-state index contributed by atoms with van der Waals surface area (Å²) in [5, 5.41) is 20.0. The number of nitrogens with one attached hydrogen (secondary N) is 1. The van der Waals surface area contributed by atoms with Gasteiger partial charge in [0.25, 0.3) is 0 Å². The van der Waals surface area contributed by atoms with E-state index in [1.807, 2.05) is 0 Å². The van der Waals surface area contributed by atoms with Gasteiger partial charge in [0.15, 0.2) is 0 Å². The first-order valence-corrected chi connectivity index (χ1v) is 2.92. The van der Waals surface area contributed by atoms with Gasteiger partial charge in [0.1, 0.15) is 12.3 Å². The maximum Gasteiger partial charge on any atom is 0.140 e. The van der Waals surface area contributed by atoms with Gasteiger partial charge in [0, 0.05) is 6.54 Å². The van der Waals surface area contributed by atoms with Gasteiger partial charge in [0.2, 0.25) is 0 Å². The van der Waals surface area contributed by atoms with Crippen molar-refractivity contribution in [1.29, 1.82) is 0 Å². The van der Waals surface area contributed by atoms with Gasteiger partial charge >= 0.3 is 0 Å². The summed E-state index contributed by atoms with van der Waals surface area (Å²) in [6.07, 6.45) is -2.25. The molecule has 0 aromatic carbocycles. The topological polar surface area (TPSA) is 52.5 Å². The van der Waals surface area contributed by atoms with Gasteiger partial charge in [-0.25, -0.2) is 4.39 Å². The van der Waals surface area contributed by atoms with Gasteiger partial charge in [-0.15, -0.1) is 0 Å². The first kappa shape index (κ1) is 6.92. The van der Waals surface area contributed by atoms with Crippen LogP contribution in [0.25, 0.3) is 0 Å². The van der Waals surface area contributed by atoms with Crippen molar-refractivity contribution in [3.8, 4) is 0 Å². The van der Waals surface area contributed by atoms with Crippen LogP contribution >= 0.6 is 0 Å². The summed E-state index contributed by atoms with van der Waals surface area (Å²) >= 11 is 0. The average Bonchev–Trinajstić information content (AvgIpc) is 2.15. The van der Waals surface area contributed by atoms with Crippen molar-refractivity contribution in [3.05, 3.63) is 0 Å². The van der Waals surface area contributed by atoms with Crippen molar-refractivity contribution >= 4 is 0 Å². The van der Waals surface area contributed by atoms with Crippen molar-refractivity contribution in [2.24, 2.45) is 0 Å². The zero-order chi connectivity index (χ0) is 6.85. The highest BCUT2D eigenvalue weighted by Gasteiger charge is 2.33. The SMILES string of the molecule is OCC1NCC(F)C1O. The summed E-state index contributed by atoms with van der Waals surface area (Å²) in [6.45, 7) is -0.0615. The minimum Gasteiger partial charge on any atom is -0.395 e. The number of hydrogen-bond donors (Lipinski definition) is 3. The monoisotopic (exact) mass is 135 g/mol. The van der Waals surface area contributed by atoms with E-state index in [1.54, 1.807) is 0 Å². The maximum atomic E-state index is 12.3. The summed E-state index contributed by atoms with van der Waals surface area (Å²) in [7, 11) is 0. The fourth-order valence-corrected chi connectivity index (χ4v) is 0.930. The first-order chi connectivity index (χ1) is 4.25. The first-order valence-electron chi connectivity index (χ1n) is 2.92. The van der Waals surface area contributed by atoms with Crippen LogP contribution in [0, 0.1) is 0 Å². The zero-order valence-electron chi connectivity index (χ0n) is 4.92. The lowest BCUT2D eigenvalue weighted by Gasteiger charge is -2.10. The highest BCUT2D eigenvalue weighted by molar-refractivity contribution is 4.89. The molecule has 4 heteroatoms. The van der Waals surface area contributed by atoms with Crippen molar-refractivity contribution in [2.45, 2.75) is 18.3 Å². The number of halogens is 1. The highest BCUT2D eigenvalue weighted by atomic mass is 19.1. The molecular formula is C5H10FNO2. The Bertz CT molecular complexity index is 101. The smallest absolute Gasteiger partial charge is 0.140 e. The standard InChI is InChI=1S/C5H10FNO2/c6-3-1-7-4(2-8)5(3)9/h3-5,7-9H,1-2H2. The molecule has 0 aliphatic carbocycles. The Morgan fingerprint density at radius 1 is 1.67 bits per heavy atom. The van der Waals surface area contributed by atoms with Gasteiger partial charge in [-0.3, -0.25) is 0 Å². The molecule has 1 saturated heterocycles. The van der Waals surface area contributed by atoms with Crippen LogP contribution in [0.4, 0.5) is 4.39 Å². The summed E-state index contributed by atoms with van der Waals surface area (Å²) in [5.41, 5.74) is 0. The molecule has 0 amide bonds. The van der Waals surface area contributed by atoms with Gasteiger partial charge in [0.05, 0.1) is 12.6 Å². The van der Waals surface area contributed by atoms with Crippen LogP contribution < -0.4 is 5.32 Å². The lowest BCUT2D eigenvalue weighted by Crippen LogP contribution is -2.35. The van der Waals surface area contributed by atoms with Crippen LogP contribution in [0.15, 0.2) is 0 Å². The lowest BCUT2D eigenvalue weighted by atomic mass is 10.2. The van der Waals surface area contributed by atoms with Gasteiger partial charge < -0.3 is 15.5 Å². The Hall–Kier alpha value is -0.190. The third-order valence-corrected chi connectivity index (χ3v) is 1.55. The predicted molar refractivity (Wildman–Crippen MR) is 29.8 cm³/mol. The Labute approximate surface area is 52.5 Å². The van der Waals surface area contributed by atoms with E-state index < -0.39 is 18.3 Å². The largest absolute Gasteiger partial charge is 0.395 e. The molecule has 3 atom stereocenters. The fourth-order valence-electron chi connectivity index (χ4n) is 0.930. The summed E-state index contributed by atoms with van der Waals surface area (Å²) in [4.78, 5) is 0. The van der Waals surface area contributed by atoms with Crippen molar-refractivity contribution < 1.29 is 14.6 Å². The normalized spacial score (nSPS) is 43.7. The molecule has 3 unspecified atom stereocenters. The molecular weight excluding hydrogens is 125 g/mol. The van der Waals surface area contributed by atoms with Crippen LogP contribution in [0.5, 0.6) is 0 Å². The molecule has 1 rings (SSSR count). The Balaban J connectivity index is 2.41. The van der Waals surface area contributed by atoms with E-state index in [4.69, 9.17) is 10.2 Å². The number of rotatable bonds is 1. The van der Waals surface area contributed by atoms with Crippen molar-refractivity contribution in [1.82, 2.24) is 5.32 Å². The lowest BCUT2D eigenvalue weighted by molar-refractivity contribution is 0.0725. The van der Waals surface area contributed by atoms with E-state index in [0.29, 0.717) is 0 Å². The van der Waals surface area contributed by atoms with E-state index in [-0.39, 0.29) is 13.2 Å². The van der Waals surface area contributed by atoms with E-state index in [0.717, 1.165) is 0 Å². The molecule has 3 nitrogen and oxygen atoms in total. The van der Waals surface area contributed by atoms with Crippen molar-refractivity contribution in [3.63, 3.8) is 0 Å². The molecule has 0 aromatic heterocycles. The molecule has 9 heavy (non-hydrogen) atoms. The molecule has 0 radical (unpaired) electrons. The molecule has 1 aliphatic heterocycles. The predicted octanol–water partition coefficient (Wildman–Crippen LogP) is -1.35. The molecule has 0 bridgehead atoms. The minimum absolute atomic E-state index is 0.145. The molecule has 1 heterocycles. The summed E-state index contributed by atoms with van der Waals surface area (Å²) in [6, 6.07) is -0.472. The molecule has 0 spiro atoms. The fraction of sp³-hybridized carbons (Fsp3) is 1.00. The van der Waals surface area contributed by atoms with E-state index >= 15 is 0 Å². The van der Waals surface area contributed by atoms with E-state index in [9.17, 15) is 4.39 Å². The molecule has 54 valence electrons. The second-order valence-electron chi connectivity index (χ2n) is 2.20. The Morgan fingerprint density at radius 2 is 2.33 bits per heavy atom. The summed E-state index contributed by atoms with van der Waals surface area (Å²) in [5.74, 6) is 0. The number of alkyl halides is 1.